The maximum Gasteiger partial charge on any atom is 0.327 e. The van der Waals surface area contributed by atoms with E-state index in [0.717, 1.165) is 4.90 Å². The van der Waals surface area contributed by atoms with Crippen LogP contribution in [0.2, 0.25) is 0 Å². The molecule has 0 bridgehead atoms. The van der Waals surface area contributed by atoms with Crippen molar-refractivity contribution in [2.45, 2.75) is 13.0 Å². The number of anilines is 1. The molecule has 2 aliphatic heterocycles. The highest BCUT2D eigenvalue weighted by atomic mass is 19.1. The second kappa shape index (κ2) is 10.2. The molecule has 2 aliphatic rings. The van der Waals surface area contributed by atoms with E-state index in [0.29, 0.717) is 39.3 Å². The fourth-order valence-corrected chi connectivity index (χ4v) is 4.77. The number of β-amino-alcohol motifs (C(OH)–C–C–N with tert-alkyl or cyclic N) is 1. The topological polar surface area (TPSA) is 135 Å². The second-order valence-electron chi connectivity index (χ2n) is 9.54. The van der Waals surface area contributed by atoms with Crippen LogP contribution in [0.25, 0.3) is 22.8 Å². The monoisotopic (exact) mass is 531 g/mol. The SMILES string of the molecule is Cc1cc(C(=O)NC[C@H](O)CN2C(=O)CN(C)C2=O)c(/C=C2\C(=O)Nc3cccc(-c4cccc(F)c4)c32)[nH]1. The average Bonchev–Trinajstić information content (AvgIpc) is 3.51. The highest BCUT2D eigenvalue weighted by Gasteiger charge is 2.35. The van der Waals surface area contributed by atoms with E-state index in [1.165, 1.54) is 24.1 Å². The molecule has 1 aromatic heterocycles. The first-order chi connectivity index (χ1) is 18.6. The summed E-state index contributed by atoms with van der Waals surface area (Å²) in [5, 5.41) is 15.8. The van der Waals surface area contributed by atoms with E-state index in [2.05, 4.69) is 15.6 Å². The average molecular weight is 532 g/mol. The van der Waals surface area contributed by atoms with E-state index < -0.39 is 29.8 Å². The number of nitrogens with zero attached hydrogens (tertiary/aromatic N) is 2. The zero-order valence-corrected chi connectivity index (χ0v) is 21.2. The number of likely N-dealkylation sites (N-methyl/N-ethyl adjacent to an activating group) is 1. The summed E-state index contributed by atoms with van der Waals surface area (Å²) in [6.45, 7) is 1.25. The van der Waals surface area contributed by atoms with Gasteiger partial charge in [-0.15, -0.1) is 0 Å². The Kier molecular flexibility index (Phi) is 6.75. The zero-order valence-electron chi connectivity index (χ0n) is 21.2. The number of carbonyl (C=O) groups is 4. The Morgan fingerprint density at radius 2 is 1.95 bits per heavy atom. The van der Waals surface area contributed by atoms with Crippen LogP contribution in [-0.2, 0) is 9.59 Å². The van der Waals surface area contributed by atoms with Crippen molar-refractivity contribution in [1.29, 1.82) is 0 Å². The van der Waals surface area contributed by atoms with E-state index in [-0.39, 0.29) is 31.1 Å². The minimum atomic E-state index is -1.17. The Hall–Kier alpha value is -4.77. The molecule has 3 aromatic rings. The van der Waals surface area contributed by atoms with E-state index in [1.54, 1.807) is 49.4 Å². The molecule has 1 atom stereocenters. The van der Waals surface area contributed by atoms with Gasteiger partial charge in [0, 0.05) is 30.5 Å². The van der Waals surface area contributed by atoms with Gasteiger partial charge in [-0.1, -0.05) is 24.3 Å². The van der Waals surface area contributed by atoms with Crippen molar-refractivity contribution in [3.63, 3.8) is 0 Å². The summed E-state index contributed by atoms with van der Waals surface area (Å²) in [6, 6.07) is 12.5. The number of aryl methyl sites for hydroxylation is 1. The van der Waals surface area contributed by atoms with Crippen molar-refractivity contribution < 1.29 is 28.7 Å². The van der Waals surface area contributed by atoms with Gasteiger partial charge >= 0.3 is 6.03 Å². The van der Waals surface area contributed by atoms with Crippen LogP contribution in [0.3, 0.4) is 0 Å². The molecule has 39 heavy (non-hydrogen) atoms. The molecule has 0 radical (unpaired) electrons. The number of aliphatic hydroxyl groups is 1. The van der Waals surface area contributed by atoms with Crippen LogP contribution in [0.15, 0.2) is 48.5 Å². The Labute approximate surface area is 223 Å². The van der Waals surface area contributed by atoms with Crippen LogP contribution in [-0.4, -0.2) is 76.4 Å². The van der Waals surface area contributed by atoms with E-state index in [9.17, 15) is 28.7 Å². The van der Waals surface area contributed by atoms with Gasteiger partial charge in [-0.3, -0.25) is 19.3 Å². The number of aromatic amines is 1. The number of rotatable bonds is 7. The number of aliphatic hydroxyl groups excluding tert-OH is 1. The lowest BCUT2D eigenvalue weighted by atomic mass is 9.94. The molecule has 10 nitrogen and oxygen atoms in total. The highest BCUT2D eigenvalue weighted by Crippen LogP contribution is 2.40. The number of nitrogens with one attached hydrogen (secondary N) is 3. The lowest BCUT2D eigenvalue weighted by Gasteiger charge is -2.18. The number of fused-ring (bicyclic) bond motifs is 1. The summed E-state index contributed by atoms with van der Waals surface area (Å²) in [5.74, 6) is -1.71. The Morgan fingerprint density at radius 3 is 2.67 bits per heavy atom. The van der Waals surface area contributed by atoms with Crippen LogP contribution >= 0.6 is 0 Å². The van der Waals surface area contributed by atoms with Gasteiger partial charge < -0.3 is 25.6 Å². The summed E-state index contributed by atoms with van der Waals surface area (Å²) in [7, 11) is 1.49. The van der Waals surface area contributed by atoms with Crippen molar-refractivity contribution in [2.24, 2.45) is 0 Å². The third-order valence-corrected chi connectivity index (χ3v) is 6.60. The molecular weight excluding hydrogens is 505 g/mol. The fraction of sp³-hybridized carbons (Fsp3) is 0.214. The number of halogens is 1. The van der Waals surface area contributed by atoms with E-state index in [4.69, 9.17) is 0 Å². The predicted octanol–water partition coefficient (Wildman–Crippen LogP) is 2.61. The van der Waals surface area contributed by atoms with Crippen molar-refractivity contribution in [3.8, 4) is 11.1 Å². The quantitative estimate of drug-likeness (QED) is 0.275. The maximum absolute atomic E-state index is 14.0. The minimum Gasteiger partial charge on any atom is -0.389 e. The first kappa shape index (κ1) is 25.9. The largest absolute Gasteiger partial charge is 0.389 e. The summed E-state index contributed by atoms with van der Waals surface area (Å²) < 4.78 is 14.0. The summed E-state index contributed by atoms with van der Waals surface area (Å²) >= 11 is 0. The van der Waals surface area contributed by atoms with Crippen LogP contribution in [0.5, 0.6) is 0 Å². The number of hydrogen-bond donors (Lipinski definition) is 4. The van der Waals surface area contributed by atoms with E-state index in [1.807, 2.05) is 0 Å². The van der Waals surface area contributed by atoms with Crippen LogP contribution in [0.1, 0.15) is 27.3 Å². The minimum absolute atomic E-state index is 0.0593. The van der Waals surface area contributed by atoms with Crippen molar-refractivity contribution in [1.82, 2.24) is 20.1 Å². The van der Waals surface area contributed by atoms with Crippen LogP contribution in [0.4, 0.5) is 14.9 Å². The molecule has 1 saturated heterocycles. The third kappa shape index (κ3) is 5.04. The number of H-pyrrole nitrogens is 1. The first-order valence-electron chi connectivity index (χ1n) is 12.3. The Morgan fingerprint density at radius 1 is 1.18 bits per heavy atom. The molecule has 200 valence electrons. The Balaban J connectivity index is 1.39. The lowest BCUT2D eigenvalue weighted by molar-refractivity contribution is -0.126. The smallest absolute Gasteiger partial charge is 0.327 e. The standard InChI is InChI=1S/C28H26FN5O5/c1-15-9-20(26(37)30-12-18(35)13-34-24(36)14-33(2)28(34)39)23(31-15)11-21-25-19(16-5-3-6-17(29)10-16)7-4-8-22(25)32-27(21)38/h3-11,18,31,35H,12-14H2,1-2H3,(H,30,37)(H,32,38)/b21-11-/t18-/m0/s1. The fourth-order valence-electron chi connectivity index (χ4n) is 4.77. The van der Waals surface area contributed by atoms with Gasteiger partial charge in [-0.25, -0.2) is 9.18 Å². The van der Waals surface area contributed by atoms with Gasteiger partial charge in [0.1, 0.15) is 12.4 Å². The maximum atomic E-state index is 14.0. The number of imide groups is 1. The molecule has 1 fully saturated rings. The number of aromatic nitrogens is 1. The van der Waals surface area contributed by atoms with Crippen molar-refractivity contribution in [3.05, 3.63) is 76.9 Å². The van der Waals surface area contributed by atoms with Gasteiger partial charge in [0.2, 0.25) is 5.91 Å². The molecule has 0 saturated carbocycles. The molecule has 4 N–H and O–H groups in total. The number of hydrogen-bond acceptors (Lipinski definition) is 5. The van der Waals surface area contributed by atoms with Crippen LogP contribution in [0, 0.1) is 12.7 Å². The lowest BCUT2D eigenvalue weighted by Crippen LogP contribution is -2.43. The summed E-state index contributed by atoms with van der Waals surface area (Å²) in [4.78, 5) is 55.3. The molecular formula is C28H26FN5O5. The summed E-state index contributed by atoms with van der Waals surface area (Å²) in [6.07, 6.45) is 0.399. The molecule has 5 rings (SSSR count). The molecule has 3 heterocycles. The highest BCUT2D eigenvalue weighted by molar-refractivity contribution is 6.36. The van der Waals surface area contributed by atoms with E-state index >= 15 is 0 Å². The number of carbonyl (C=O) groups excluding carboxylic acids is 4. The molecule has 5 amide bonds. The predicted molar refractivity (Wildman–Crippen MR) is 142 cm³/mol. The van der Waals surface area contributed by atoms with Gasteiger partial charge in [0.05, 0.1) is 29.5 Å². The number of urea groups is 1. The number of amides is 5. The van der Waals surface area contributed by atoms with Crippen molar-refractivity contribution >= 4 is 41.1 Å². The Bertz CT molecular complexity index is 1540. The normalized spacial score (nSPS) is 16.6. The van der Waals surface area contributed by atoms with Gasteiger partial charge in [-0.05, 0) is 48.4 Å². The summed E-state index contributed by atoms with van der Waals surface area (Å²) in [5.41, 5.74) is 4.00. The molecule has 0 spiro atoms. The van der Waals surface area contributed by atoms with Gasteiger partial charge in [-0.2, -0.15) is 0 Å². The zero-order chi connectivity index (χ0) is 27.8. The van der Waals surface area contributed by atoms with Gasteiger partial charge in [0.15, 0.2) is 0 Å². The van der Waals surface area contributed by atoms with Crippen molar-refractivity contribution in [2.75, 3.05) is 32.0 Å². The molecule has 0 aliphatic carbocycles. The van der Waals surface area contributed by atoms with Gasteiger partial charge in [0.25, 0.3) is 11.8 Å². The molecule has 2 aromatic carbocycles. The third-order valence-electron chi connectivity index (χ3n) is 6.60. The first-order valence-corrected chi connectivity index (χ1v) is 12.3. The van der Waals surface area contributed by atoms with Crippen LogP contribution < -0.4 is 10.6 Å². The molecule has 11 heteroatoms. The molecule has 0 unspecified atom stereocenters. The number of benzene rings is 2. The second-order valence-corrected chi connectivity index (χ2v) is 9.54.